The maximum absolute atomic E-state index is 12.7. The van der Waals surface area contributed by atoms with Gasteiger partial charge in [0.1, 0.15) is 0 Å². The zero-order chi connectivity index (χ0) is 15.8. The Hall–Kier alpha value is -0.280. The minimum absolute atomic E-state index is 0.121. The Kier molecular flexibility index (Phi) is 8.65. The van der Waals surface area contributed by atoms with Gasteiger partial charge in [-0.3, -0.25) is 9.21 Å². The van der Waals surface area contributed by atoms with Gasteiger partial charge in [0.2, 0.25) is 5.91 Å². The second-order valence-corrected chi connectivity index (χ2v) is 7.47. The van der Waals surface area contributed by atoms with E-state index in [0.29, 0.717) is 24.3 Å². The zero-order valence-corrected chi connectivity index (χ0v) is 14.7. The molecule has 4 heteroatoms. The second kappa shape index (κ2) is 9.68. The second-order valence-electron chi connectivity index (χ2n) is 7.06. The van der Waals surface area contributed by atoms with E-state index in [2.05, 4.69) is 20.8 Å². The molecule has 0 spiro atoms. The third-order valence-corrected chi connectivity index (χ3v) is 5.22. The number of carbonyl (C=O) groups excluding carboxylic acids is 1. The highest BCUT2D eigenvalue weighted by molar-refractivity contribution is 6.21. The van der Waals surface area contributed by atoms with Crippen LogP contribution in [0.3, 0.4) is 0 Å². The Morgan fingerprint density at radius 1 is 1.24 bits per heavy atom. The summed E-state index contributed by atoms with van der Waals surface area (Å²) in [6, 6.07) is 0. The zero-order valence-electron chi connectivity index (χ0n) is 14.0. The molecule has 0 aliphatic heterocycles. The molecule has 1 fully saturated rings. The van der Waals surface area contributed by atoms with Crippen molar-refractivity contribution in [3.05, 3.63) is 0 Å². The average Bonchev–Trinajstić information content (AvgIpc) is 2.45. The first kappa shape index (κ1) is 18.8. The van der Waals surface area contributed by atoms with Crippen LogP contribution in [-0.4, -0.2) is 23.4 Å². The van der Waals surface area contributed by atoms with Gasteiger partial charge in [0.25, 0.3) is 0 Å². The molecule has 1 amide bonds. The van der Waals surface area contributed by atoms with Crippen LogP contribution < -0.4 is 5.73 Å². The van der Waals surface area contributed by atoms with Crippen molar-refractivity contribution < 1.29 is 4.79 Å². The minimum atomic E-state index is 0.121. The number of amides is 1. The summed E-state index contributed by atoms with van der Waals surface area (Å²) in [5, 5.41) is 0. The number of hydrogen-bond acceptors (Lipinski definition) is 2. The van der Waals surface area contributed by atoms with Gasteiger partial charge in [-0.1, -0.05) is 40.0 Å². The fourth-order valence-corrected chi connectivity index (χ4v) is 3.77. The van der Waals surface area contributed by atoms with Crippen LogP contribution in [0.25, 0.3) is 0 Å². The van der Waals surface area contributed by atoms with Crippen molar-refractivity contribution in [2.45, 2.75) is 65.7 Å². The van der Waals surface area contributed by atoms with Gasteiger partial charge in [-0.05, 0) is 50.0 Å². The molecule has 0 aromatic carbocycles. The standard InChI is InChI=1S/C17H33ClN2O/c1-13(2)15-9-8-14(3)12-16(15)17(21)20(18)11-7-5-4-6-10-19/h13-16H,4-12,19H2,1-3H3/t14-,15+,16-/m1/s1. The van der Waals surface area contributed by atoms with E-state index in [1.54, 1.807) is 0 Å². The molecular formula is C17H33ClN2O. The predicted molar refractivity (Wildman–Crippen MR) is 89.9 cm³/mol. The summed E-state index contributed by atoms with van der Waals surface area (Å²) in [6.45, 7) is 8.13. The summed E-state index contributed by atoms with van der Waals surface area (Å²) in [5.74, 6) is 1.97. The van der Waals surface area contributed by atoms with Crippen molar-refractivity contribution in [3.8, 4) is 0 Å². The Morgan fingerprint density at radius 3 is 2.52 bits per heavy atom. The fraction of sp³-hybridized carbons (Fsp3) is 0.941. The van der Waals surface area contributed by atoms with Crippen LogP contribution in [0.1, 0.15) is 65.7 Å². The lowest BCUT2D eigenvalue weighted by Gasteiger charge is -2.37. The van der Waals surface area contributed by atoms with Crippen LogP contribution >= 0.6 is 11.8 Å². The lowest BCUT2D eigenvalue weighted by molar-refractivity contribution is -0.135. The highest BCUT2D eigenvalue weighted by atomic mass is 35.5. The third kappa shape index (κ3) is 6.15. The number of rotatable bonds is 8. The third-order valence-electron chi connectivity index (χ3n) is 4.89. The Morgan fingerprint density at radius 2 is 1.90 bits per heavy atom. The molecule has 21 heavy (non-hydrogen) atoms. The van der Waals surface area contributed by atoms with E-state index in [9.17, 15) is 4.79 Å². The molecule has 1 rings (SSSR count). The summed E-state index contributed by atoms with van der Waals surface area (Å²) in [7, 11) is 0. The van der Waals surface area contributed by atoms with Gasteiger partial charge in [0, 0.05) is 24.2 Å². The van der Waals surface area contributed by atoms with Crippen LogP contribution in [0.4, 0.5) is 0 Å². The molecule has 1 aliphatic carbocycles. The number of halogens is 1. The van der Waals surface area contributed by atoms with E-state index in [-0.39, 0.29) is 11.8 Å². The number of nitrogens with two attached hydrogens (primary N) is 1. The Balaban J connectivity index is 2.45. The van der Waals surface area contributed by atoms with Crippen molar-refractivity contribution in [1.82, 2.24) is 4.42 Å². The van der Waals surface area contributed by atoms with Crippen molar-refractivity contribution >= 4 is 17.7 Å². The van der Waals surface area contributed by atoms with Crippen molar-refractivity contribution in [1.29, 1.82) is 0 Å². The molecule has 0 aromatic heterocycles. The molecule has 0 unspecified atom stereocenters. The van der Waals surface area contributed by atoms with E-state index in [0.717, 1.165) is 45.1 Å². The minimum Gasteiger partial charge on any atom is -0.330 e. The quantitative estimate of drug-likeness (QED) is 0.539. The fourth-order valence-electron chi connectivity index (χ4n) is 3.52. The molecule has 0 heterocycles. The smallest absolute Gasteiger partial charge is 0.240 e. The molecule has 0 aromatic rings. The first-order chi connectivity index (χ1) is 9.97. The Labute approximate surface area is 135 Å². The van der Waals surface area contributed by atoms with Gasteiger partial charge >= 0.3 is 0 Å². The van der Waals surface area contributed by atoms with E-state index < -0.39 is 0 Å². The van der Waals surface area contributed by atoms with Gasteiger partial charge in [-0.25, -0.2) is 0 Å². The molecular weight excluding hydrogens is 284 g/mol. The van der Waals surface area contributed by atoms with Gasteiger partial charge in [-0.15, -0.1) is 0 Å². The molecule has 124 valence electrons. The van der Waals surface area contributed by atoms with Crippen LogP contribution in [0.15, 0.2) is 0 Å². The summed E-state index contributed by atoms with van der Waals surface area (Å²) in [5.41, 5.74) is 5.48. The van der Waals surface area contributed by atoms with E-state index >= 15 is 0 Å². The lowest BCUT2D eigenvalue weighted by Crippen LogP contribution is -2.39. The van der Waals surface area contributed by atoms with E-state index in [4.69, 9.17) is 17.5 Å². The lowest BCUT2D eigenvalue weighted by atomic mass is 9.70. The molecule has 2 N–H and O–H groups in total. The maximum Gasteiger partial charge on any atom is 0.240 e. The number of hydrogen-bond donors (Lipinski definition) is 1. The van der Waals surface area contributed by atoms with Gasteiger partial charge in [0.05, 0.1) is 0 Å². The normalized spacial score (nSPS) is 26.1. The van der Waals surface area contributed by atoms with Crippen LogP contribution in [-0.2, 0) is 4.79 Å². The van der Waals surface area contributed by atoms with Gasteiger partial charge in [0.15, 0.2) is 0 Å². The van der Waals surface area contributed by atoms with Crippen LogP contribution in [0.2, 0.25) is 0 Å². The highest BCUT2D eigenvalue weighted by Crippen LogP contribution is 2.39. The highest BCUT2D eigenvalue weighted by Gasteiger charge is 2.37. The largest absolute Gasteiger partial charge is 0.330 e. The average molecular weight is 317 g/mol. The molecule has 0 bridgehead atoms. The van der Waals surface area contributed by atoms with E-state index in [1.165, 1.54) is 10.8 Å². The van der Waals surface area contributed by atoms with Crippen molar-refractivity contribution in [2.24, 2.45) is 29.4 Å². The topological polar surface area (TPSA) is 46.3 Å². The molecule has 0 saturated heterocycles. The van der Waals surface area contributed by atoms with E-state index in [1.807, 2.05) is 0 Å². The predicted octanol–water partition coefficient (Wildman–Crippen LogP) is 4.20. The summed E-state index contributed by atoms with van der Waals surface area (Å²) in [6.07, 6.45) is 7.67. The first-order valence-electron chi connectivity index (χ1n) is 8.64. The van der Waals surface area contributed by atoms with Crippen LogP contribution in [0, 0.1) is 23.7 Å². The number of carbonyl (C=O) groups is 1. The molecule has 3 atom stereocenters. The molecule has 1 saturated carbocycles. The maximum atomic E-state index is 12.7. The van der Waals surface area contributed by atoms with Crippen molar-refractivity contribution in [2.75, 3.05) is 13.1 Å². The van der Waals surface area contributed by atoms with Gasteiger partial charge < -0.3 is 5.73 Å². The SMILES string of the molecule is CC(C)[C@@H]1CC[C@@H](C)C[C@H]1C(=O)N(Cl)CCCCCCN. The van der Waals surface area contributed by atoms with Crippen LogP contribution in [0.5, 0.6) is 0 Å². The summed E-state index contributed by atoms with van der Waals surface area (Å²) in [4.78, 5) is 12.7. The van der Waals surface area contributed by atoms with Crippen molar-refractivity contribution in [3.63, 3.8) is 0 Å². The Bertz CT molecular complexity index is 309. The number of nitrogens with zero attached hydrogens (tertiary/aromatic N) is 1. The van der Waals surface area contributed by atoms with Gasteiger partial charge in [-0.2, -0.15) is 0 Å². The molecule has 3 nitrogen and oxygen atoms in total. The summed E-state index contributed by atoms with van der Waals surface area (Å²) >= 11 is 6.25. The number of unbranched alkanes of at least 4 members (excludes halogenated alkanes) is 3. The molecule has 0 radical (unpaired) electrons. The molecule has 1 aliphatic rings. The first-order valence-corrected chi connectivity index (χ1v) is 8.98. The monoisotopic (exact) mass is 316 g/mol. The summed E-state index contributed by atoms with van der Waals surface area (Å²) < 4.78 is 1.46.